The molecule has 0 radical (unpaired) electrons. The van der Waals surface area contributed by atoms with E-state index in [-0.39, 0.29) is 5.92 Å². The topological polar surface area (TPSA) is 43.8 Å². The third kappa shape index (κ3) is 3.36. The fourth-order valence-electron chi connectivity index (χ4n) is 3.59. The molecule has 5 heteroatoms. The first-order chi connectivity index (χ1) is 10.5. The number of hydrogen-bond donors (Lipinski definition) is 1. The fraction of sp³-hybridized carbons (Fsp3) is 0.706. The van der Waals surface area contributed by atoms with Crippen molar-refractivity contribution in [1.29, 1.82) is 0 Å². The van der Waals surface area contributed by atoms with Gasteiger partial charge in [-0.05, 0) is 44.4 Å². The summed E-state index contributed by atoms with van der Waals surface area (Å²) in [5.74, 6) is -0.982. The van der Waals surface area contributed by atoms with Gasteiger partial charge in [0.1, 0.15) is 0 Å². The van der Waals surface area contributed by atoms with Gasteiger partial charge in [0.05, 0.1) is 5.92 Å². The van der Waals surface area contributed by atoms with Gasteiger partial charge in [-0.2, -0.15) is 0 Å². The lowest BCUT2D eigenvalue weighted by atomic mass is 9.91. The molecule has 1 aromatic rings. The van der Waals surface area contributed by atoms with Crippen LogP contribution in [0, 0.1) is 5.92 Å². The van der Waals surface area contributed by atoms with Crippen molar-refractivity contribution in [2.75, 3.05) is 33.2 Å². The molecular formula is C17H26N2O2S. The van der Waals surface area contributed by atoms with Gasteiger partial charge in [0.15, 0.2) is 0 Å². The Morgan fingerprint density at radius 2 is 2.14 bits per heavy atom. The van der Waals surface area contributed by atoms with Gasteiger partial charge in [-0.15, -0.1) is 11.3 Å². The molecule has 1 saturated heterocycles. The number of rotatable bonds is 4. The summed E-state index contributed by atoms with van der Waals surface area (Å²) < 4.78 is 0. The summed E-state index contributed by atoms with van der Waals surface area (Å²) in [6.45, 7) is 6.41. The summed E-state index contributed by atoms with van der Waals surface area (Å²) >= 11 is 1.85. The number of aliphatic carboxylic acids is 1. The van der Waals surface area contributed by atoms with E-state index >= 15 is 0 Å². The van der Waals surface area contributed by atoms with Gasteiger partial charge in [0.25, 0.3) is 0 Å². The lowest BCUT2D eigenvalue weighted by molar-refractivity contribution is -0.141. The zero-order valence-electron chi connectivity index (χ0n) is 13.5. The summed E-state index contributed by atoms with van der Waals surface area (Å²) in [7, 11) is 2.19. The molecule has 1 N–H and O–H groups in total. The Morgan fingerprint density at radius 3 is 2.82 bits per heavy atom. The van der Waals surface area contributed by atoms with Crippen molar-refractivity contribution in [3.8, 4) is 0 Å². The zero-order valence-corrected chi connectivity index (χ0v) is 14.4. The van der Waals surface area contributed by atoms with Crippen LogP contribution in [0.1, 0.15) is 41.1 Å². The van der Waals surface area contributed by atoms with E-state index in [9.17, 15) is 4.79 Å². The average Bonchev–Trinajstić information content (AvgIpc) is 2.90. The van der Waals surface area contributed by atoms with Crippen molar-refractivity contribution in [2.24, 2.45) is 5.92 Å². The molecule has 122 valence electrons. The van der Waals surface area contributed by atoms with Gasteiger partial charge in [0.2, 0.25) is 0 Å². The van der Waals surface area contributed by atoms with E-state index in [1.807, 2.05) is 11.3 Å². The van der Waals surface area contributed by atoms with Gasteiger partial charge in [-0.1, -0.05) is 6.92 Å². The molecule has 0 spiro atoms. The molecule has 0 aromatic carbocycles. The molecule has 0 saturated carbocycles. The first-order valence-corrected chi connectivity index (χ1v) is 9.13. The van der Waals surface area contributed by atoms with Gasteiger partial charge in [-0.25, -0.2) is 0 Å². The van der Waals surface area contributed by atoms with Gasteiger partial charge < -0.3 is 10.0 Å². The highest BCUT2D eigenvalue weighted by atomic mass is 32.1. The van der Waals surface area contributed by atoms with Crippen molar-refractivity contribution in [2.45, 2.75) is 38.6 Å². The number of piperazine rings is 1. The molecule has 2 atom stereocenters. The van der Waals surface area contributed by atoms with Crippen LogP contribution in [-0.4, -0.2) is 54.1 Å². The number of fused-ring (bicyclic) bond motifs is 1. The minimum Gasteiger partial charge on any atom is -0.481 e. The molecule has 0 amide bonds. The van der Waals surface area contributed by atoms with Crippen molar-refractivity contribution < 1.29 is 9.90 Å². The van der Waals surface area contributed by atoms with E-state index in [4.69, 9.17) is 5.11 Å². The Kier molecular flexibility index (Phi) is 4.85. The molecule has 2 aliphatic rings. The van der Waals surface area contributed by atoms with Crippen molar-refractivity contribution in [1.82, 2.24) is 9.80 Å². The molecule has 4 nitrogen and oxygen atoms in total. The van der Waals surface area contributed by atoms with Crippen LogP contribution in [-0.2, 0) is 17.6 Å². The van der Waals surface area contributed by atoms with E-state index in [1.54, 1.807) is 6.92 Å². The highest BCUT2D eigenvalue weighted by Crippen LogP contribution is 2.40. The quantitative estimate of drug-likeness (QED) is 0.925. The molecule has 3 rings (SSSR count). The Bertz CT molecular complexity index is 535. The summed E-state index contributed by atoms with van der Waals surface area (Å²) in [5.41, 5.74) is 1.49. The molecule has 22 heavy (non-hydrogen) atoms. The van der Waals surface area contributed by atoms with Gasteiger partial charge in [-0.3, -0.25) is 9.69 Å². The number of carboxylic acid groups (broad SMARTS) is 1. The Balaban J connectivity index is 1.75. The van der Waals surface area contributed by atoms with Crippen LogP contribution in [0.15, 0.2) is 6.07 Å². The van der Waals surface area contributed by atoms with E-state index in [1.165, 1.54) is 34.6 Å². The van der Waals surface area contributed by atoms with Crippen LogP contribution in [0.3, 0.4) is 0 Å². The maximum Gasteiger partial charge on any atom is 0.306 e. The van der Waals surface area contributed by atoms with E-state index in [0.29, 0.717) is 12.5 Å². The average molecular weight is 322 g/mol. The minimum atomic E-state index is -0.693. The van der Waals surface area contributed by atoms with Crippen LogP contribution in [0.2, 0.25) is 0 Å². The Hall–Kier alpha value is -0.910. The Labute approximate surface area is 136 Å². The summed E-state index contributed by atoms with van der Waals surface area (Å²) in [5, 5.41) is 9.12. The molecule has 1 aromatic heterocycles. The standard InChI is InChI=1S/C17H26N2O2S/c1-12(17(20)21)10-13-11-14-15(4-3-5-16(14)22-13)19-8-6-18(2)7-9-19/h11-12,15H,3-10H2,1-2H3,(H,20,21). The number of aryl methyl sites for hydroxylation is 1. The maximum atomic E-state index is 11.1. The lowest BCUT2D eigenvalue weighted by Crippen LogP contribution is -2.46. The normalized spacial score (nSPS) is 24.9. The molecule has 1 fully saturated rings. The zero-order chi connectivity index (χ0) is 15.7. The molecular weight excluding hydrogens is 296 g/mol. The number of thiophene rings is 1. The lowest BCUT2D eigenvalue weighted by Gasteiger charge is -2.39. The molecule has 1 aliphatic carbocycles. The minimum absolute atomic E-state index is 0.290. The largest absolute Gasteiger partial charge is 0.481 e. The van der Waals surface area contributed by atoms with Gasteiger partial charge in [0, 0.05) is 42.0 Å². The Morgan fingerprint density at radius 1 is 1.41 bits per heavy atom. The third-order valence-corrected chi connectivity index (χ3v) is 6.27. The fourth-order valence-corrected chi connectivity index (χ4v) is 4.99. The summed E-state index contributed by atoms with van der Waals surface area (Å²) in [6, 6.07) is 2.87. The van der Waals surface area contributed by atoms with Crippen LogP contribution < -0.4 is 0 Å². The predicted molar refractivity (Wildman–Crippen MR) is 89.6 cm³/mol. The van der Waals surface area contributed by atoms with E-state index < -0.39 is 5.97 Å². The first-order valence-electron chi connectivity index (χ1n) is 8.31. The van der Waals surface area contributed by atoms with Crippen molar-refractivity contribution in [3.05, 3.63) is 21.4 Å². The molecule has 0 bridgehead atoms. The first kappa shape index (κ1) is 16.0. The van der Waals surface area contributed by atoms with Gasteiger partial charge >= 0.3 is 5.97 Å². The smallest absolute Gasteiger partial charge is 0.306 e. The number of carbonyl (C=O) groups is 1. The van der Waals surface area contributed by atoms with Crippen molar-refractivity contribution >= 4 is 17.3 Å². The second kappa shape index (κ2) is 6.69. The van der Waals surface area contributed by atoms with Crippen LogP contribution in [0.5, 0.6) is 0 Å². The SMILES string of the molecule is CC(Cc1cc2c(s1)CCCC2N1CCN(C)CC1)C(=O)O. The van der Waals surface area contributed by atoms with Crippen LogP contribution >= 0.6 is 11.3 Å². The summed E-state index contributed by atoms with van der Waals surface area (Å²) in [6.07, 6.45) is 4.36. The molecule has 2 heterocycles. The molecule has 2 unspecified atom stereocenters. The number of carboxylic acids is 1. The second-order valence-corrected chi connectivity index (χ2v) is 8.00. The number of hydrogen-bond acceptors (Lipinski definition) is 4. The monoisotopic (exact) mass is 322 g/mol. The number of likely N-dealkylation sites (N-methyl/N-ethyl adjacent to an activating group) is 1. The van der Waals surface area contributed by atoms with Crippen molar-refractivity contribution in [3.63, 3.8) is 0 Å². The van der Waals surface area contributed by atoms with E-state index in [2.05, 4.69) is 22.9 Å². The predicted octanol–water partition coefficient (Wildman–Crippen LogP) is 2.64. The molecule has 1 aliphatic heterocycles. The number of nitrogens with zero attached hydrogens (tertiary/aromatic N) is 2. The highest BCUT2D eigenvalue weighted by molar-refractivity contribution is 7.12. The van der Waals surface area contributed by atoms with Crippen LogP contribution in [0.4, 0.5) is 0 Å². The maximum absolute atomic E-state index is 11.1. The second-order valence-electron chi connectivity index (χ2n) is 6.78. The third-order valence-electron chi connectivity index (χ3n) is 5.04. The van der Waals surface area contributed by atoms with E-state index in [0.717, 1.165) is 26.2 Å². The summed E-state index contributed by atoms with van der Waals surface area (Å²) in [4.78, 5) is 18.9. The van der Waals surface area contributed by atoms with Crippen LogP contribution in [0.25, 0.3) is 0 Å². The highest BCUT2D eigenvalue weighted by Gasteiger charge is 2.30.